The van der Waals surface area contributed by atoms with Gasteiger partial charge in [-0.1, -0.05) is 40.5 Å². The zero-order valence-electron chi connectivity index (χ0n) is 14.3. The molecule has 0 amide bonds. The van der Waals surface area contributed by atoms with Crippen molar-refractivity contribution in [3.05, 3.63) is 0 Å². The molecule has 1 aliphatic carbocycles. The van der Waals surface area contributed by atoms with Crippen molar-refractivity contribution in [1.82, 2.24) is 10.2 Å². The summed E-state index contributed by atoms with van der Waals surface area (Å²) in [5.74, 6) is 0.923. The highest BCUT2D eigenvalue weighted by Crippen LogP contribution is 2.40. The Bertz CT molecular complexity index is 278. The minimum absolute atomic E-state index is 0.501. The summed E-state index contributed by atoms with van der Waals surface area (Å²) in [6.45, 7) is 15.8. The Labute approximate surface area is 126 Å². The summed E-state index contributed by atoms with van der Waals surface area (Å²) in [5.41, 5.74) is 1.09. The van der Waals surface area contributed by atoms with E-state index in [0.717, 1.165) is 12.5 Å². The molecule has 1 aliphatic heterocycles. The molecule has 2 aliphatic rings. The molecular weight excluding hydrogens is 244 g/mol. The van der Waals surface area contributed by atoms with Gasteiger partial charge in [0.2, 0.25) is 0 Å². The Morgan fingerprint density at radius 3 is 2.20 bits per heavy atom. The number of hydrogen-bond acceptors (Lipinski definition) is 2. The maximum absolute atomic E-state index is 3.63. The molecule has 0 atom stereocenters. The predicted octanol–water partition coefficient (Wildman–Crippen LogP) is 3.91. The van der Waals surface area contributed by atoms with Crippen LogP contribution < -0.4 is 5.32 Å². The van der Waals surface area contributed by atoms with Crippen LogP contribution in [-0.4, -0.2) is 37.6 Å². The van der Waals surface area contributed by atoms with Gasteiger partial charge in [0.1, 0.15) is 0 Å². The Morgan fingerprint density at radius 2 is 1.70 bits per heavy atom. The van der Waals surface area contributed by atoms with Crippen LogP contribution in [0.3, 0.4) is 0 Å². The molecule has 0 aromatic rings. The van der Waals surface area contributed by atoms with Crippen LogP contribution in [0.25, 0.3) is 0 Å². The lowest BCUT2D eigenvalue weighted by molar-refractivity contribution is 0.0751. The van der Waals surface area contributed by atoms with Gasteiger partial charge in [0, 0.05) is 13.1 Å². The SMILES string of the molecule is CCNCC1(CN2CCC(C(C)(C)C)CC2)CCCC1. The van der Waals surface area contributed by atoms with Crippen LogP contribution in [0.4, 0.5) is 0 Å². The molecule has 20 heavy (non-hydrogen) atoms. The summed E-state index contributed by atoms with van der Waals surface area (Å²) in [6.07, 6.45) is 8.59. The first-order valence-corrected chi connectivity index (χ1v) is 8.88. The third kappa shape index (κ3) is 4.21. The van der Waals surface area contributed by atoms with E-state index in [1.165, 1.54) is 64.7 Å². The van der Waals surface area contributed by atoms with Gasteiger partial charge in [-0.05, 0) is 62.1 Å². The van der Waals surface area contributed by atoms with Gasteiger partial charge in [0.25, 0.3) is 0 Å². The number of rotatable bonds is 5. The molecule has 2 heteroatoms. The van der Waals surface area contributed by atoms with Gasteiger partial charge in [0.15, 0.2) is 0 Å². The normalized spacial score (nSPS) is 25.2. The van der Waals surface area contributed by atoms with Gasteiger partial charge in [-0.25, -0.2) is 0 Å². The van der Waals surface area contributed by atoms with E-state index in [0.29, 0.717) is 10.8 Å². The van der Waals surface area contributed by atoms with Crippen molar-refractivity contribution in [2.45, 2.75) is 66.2 Å². The molecule has 1 saturated heterocycles. The fraction of sp³-hybridized carbons (Fsp3) is 1.00. The molecule has 0 bridgehead atoms. The number of likely N-dealkylation sites (tertiary alicyclic amines) is 1. The maximum Gasteiger partial charge on any atom is 0.00501 e. The Balaban J connectivity index is 1.84. The smallest absolute Gasteiger partial charge is 0.00501 e. The lowest BCUT2D eigenvalue weighted by atomic mass is 9.75. The van der Waals surface area contributed by atoms with Crippen molar-refractivity contribution in [3.63, 3.8) is 0 Å². The number of nitrogens with one attached hydrogen (secondary N) is 1. The van der Waals surface area contributed by atoms with Crippen LogP contribution in [0, 0.1) is 16.7 Å². The molecule has 2 rings (SSSR count). The van der Waals surface area contributed by atoms with E-state index in [4.69, 9.17) is 0 Å². The van der Waals surface area contributed by atoms with Gasteiger partial charge in [-0.2, -0.15) is 0 Å². The average molecular weight is 280 g/mol. The van der Waals surface area contributed by atoms with E-state index < -0.39 is 0 Å². The summed E-state index contributed by atoms with van der Waals surface area (Å²) in [5, 5.41) is 3.63. The second-order valence-electron chi connectivity index (χ2n) is 8.40. The summed E-state index contributed by atoms with van der Waals surface area (Å²) in [7, 11) is 0. The van der Waals surface area contributed by atoms with Crippen LogP contribution in [0.2, 0.25) is 0 Å². The van der Waals surface area contributed by atoms with Crippen molar-refractivity contribution in [1.29, 1.82) is 0 Å². The lowest BCUT2D eigenvalue weighted by Gasteiger charge is -2.42. The number of hydrogen-bond donors (Lipinski definition) is 1. The molecule has 0 radical (unpaired) electrons. The molecule has 0 aromatic carbocycles. The van der Waals surface area contributed by atoms with Crippen molar-refractivity contribution in [3.8, 4) is 0 Å². The maximum atomic E-state index is 3.63. The molecule has 2 nitrogen and oxygen atoms in total. The molecule has 1 heterocycles. The van der Waals surface area contributed by atoms with Crippen molar-refractivity contribution < 1.29 is 0 Å². The van der Waals surface area contributed by atoms with Crippen LogP contribution in [-0.2, 0) is 0 Å². The minimum atomic E-state index is 0.501. The predicted molar refractivity (Wildman–Crippen MR) is 88.1 cm³/mol. The third-order valence-electron chi connectivity index (χ3n) is 5.79. The molecular formula is C18H36N2. The minimum Gasteiger partial charge on any atom is -0.316 e. The largest absolute Gasteiger partial charge is 0.316 e. The number of nitrogens with zero attached hydrogens (tertiary/aromatic N) is 1. The quantitative estimate of drug-likeness (QED) is 0.821. The highest BCUT2D eigenvalue weighted by Gasteiger charge is 2.37. The second-order valence-corrected chi connectivity index (χ2v) is 8.40. The van der Waals surface area contributed by atoms with Crippen LogP contribution in [0.1, 0.15) is 66.2 Å². The van der Waals surface area contributed by atoms with Gasteiger partial charge in [-0.3, -0.25) is 0 Å². The topological polar surface area (TPSA) is 15.3 Å². The summed E-state index contributed by atoms with van der Waals surface area (Å²) in [4.78, 5) is 2.77. The third-order valence-corrected chi connectivity index (χ3v) is 5.79. The van der Waals surface area contributed by atoms with E-state index in [2.05, 4.69) is 37.9 Å². The summed E-state index contributed by atoms with van der Waals surface area (Å²) >= 11 is 0. The first-order valence-electron chi connectivity index (χ1n) is 8.88. The van der Waals surface area contributed by atoms with E-state index in [1.807, 2.05) is 0 Å². The van der Waals surface area contributed by atoms with Gasteiger partial charge < -0.3 is 10.2 Å². The molecule has 0 unspecified atom stereocenters. The molecule has 0 spiro atoms. The van der Waals surface area contributed by atoms with Crippen molar-refractivity contribution >= 4 is 0 Å². The lowest BCUT2D eigenvalue weighted by Crippen LogP contribution is -2.46. The molecule has 1 saturated carbocycles. The van der Waals surface area contributed by atoms with E-state index in [-0.39, 0.29) is 0 Å². The Morgan fingerprint density at radius 1 is 1.10 bits per heavy atom. The Kier molecular flexibility index (Phi) is 5.53. The zero-order valence-corrected chi connectivity index (χ0v) is 14.3. The molecule has 118 valence electrons. The second kappa shape index (κ2) is 6.79. The van der Waals surface area contributed by atoms with Crippen molar-refractivity contribution in [2.24, 2.45) is 16.7 Å². The fourth-order valence-electron chi connectivity index (χ4n) is 4.34. The average Bonchev–Trinajstić information content (AvgIpc) is 2.85. The number of piperidine rings is 1. The Hall–Kier alpha value is -0.0800. The van der Waals surface area contributed by atoms with E-state index in [9.17, 15) is 0 Å². The molecule has 2 fully saturated rings. The first kappa shape index (κ1) is 16.3. The highest BCUT2D eigenvalue weighted by molar-refractivity contribution is 4.91. The van der Waals surface area contributed by atoms with Gasteiger partial charge in [-0.15, -0.1) is 0 Å². The molecule has 0 aromatic heterocycles. The summed E-state index contributed by atoms with van der Waals surface area (Å²) < 4.78 is 0. The highest BCUT2D eigenvalue weighted by atomic mass is 15.1. The zero-order chi connectivity index (χ0) is 14.6. The fourth-order valence-corrected chi connectivity index (χ4v) is 4.34. The van der Waals surface area contributed by atoms with Crippen LogP contribution >= 0.6 is 0 Å². The van der Waals surface area contributed by atoms with Gasteiger partial charge >= 0.3 is 0 Å². The van der Waals surface area contributed by atoms with Crippen molar-refractivity contribution in [2.75, 3.05) is 32.7 Å². The summed E-state index contributed by atoms with van der Waals surface area (Å²) in [6, 6.07) is 0. The monoisotopic (exact) mass is 280 g/mol. The van der Waals surface area contributed by atoms with Crippen LogP contribution in [0.5, 0.6) is 0 Å². The van der Waals surface area contributed by atoms with Gasteiger partial charge in [0.05, 0.1) is 0 Å². The van der Waals surface area contributed by atoms with E-state index in [1.54, 1.807) is 0 Å². The first-order chi connectivity index (χ1) is 9.45. The molecule has 1 N–H and O–H groups in total. The van der Waals surface area contributed by atoms with Crippen LogP contribution in [0.15, 0.2) is 0 Å². The standard InChI is InChI=1S/C18H36N2/c1-5-19-14-18(10-6-7-11-18)15-20-12-8-16(9-13-20)17(2,3)4/h16,19H,5-15H2,1-4H3. The van der Waals surface area contributed by atoms with E-state index >= 15 is 0 Å².